The van der Waals surface area contributed by atoms with Crippen molar-refractivity contribution in [2.45, 2.75) is 43.7 Å². The monoisotopic (exact) mass is 438 g/mol. The number of ether oxygens (including phenoxy) is 1. The minimum atomic E-state index is -3.65. The summed E-state index contributed by atoms with van der Waals surface area (Å²) in [6.07, 6.45) is 2.07. The highest BCUT2D eigenvalue weighted by atomic mass is 32.2. The van der Waals surface area contributed by atoms with Gasteiger partial charge >= 0.3 is 6.61 Å². The number of benzene rings is 2. The van der Waals surface area contributed by atoms with Crippen molar-refractivity contribution in [1.29, 1.82) is 0 Å². The number of hydrogen-bond acceptors (Lipinski definition) is 4. The first-order valence-electron chi connectivity index (χ1n) is 9.77. The van der Waals surface area contributed by atoms with Crippen LogP contribution in [0.5, 0.6) is 5.75 Å². The second-order valence-corrected chi connectivity index (χ2v) is 8.93. The van der Waals surface area contributed by atoms with Gasteiger partial charge in [0, 0.05) is 24.2 Å². The van der Waals surface area contributed by atoms with Gasteiger partial charge in [0.05, 0.1) is 10.9 Å². The molecule has 9 heteroatoms. The second kappa shape index (κ2) is 9.53. The van der Waals surface area contributed by atoms with Crippen molar-refractivity contribution in [3.8, 4) is 5.75 Å². The molecule has 2 aromatic carbocycles. The molecule has 1 amide bonds. The maximum atomic E-state index is 12.8. The van der Waals surface area contributed by atoms with Crippen LogP contribution in [0, 0.1) is 0 Å². The number of halogens is 2. The predicted octanol–water partition coefficient (Wildman–Crippen LogP) is 3.95. The normalized spacial score (nSPS) is 15.9. The summed E-state index contributed by atoms with van der Waals surface area (Å²) in [7, 11) is -3.65. The Hall–Kier alpha value is -2.52. The quantitative estimate of drug-likeness (QED) is 0.677. The topological polar surface area (TPSA) is 75.7 Å². The lowest BCUT2D eigenvalue weighted by molar-refractivity contribution is -0.0506. The van der Waals surface area contributed by atoms with E-state index in [0.717, 1.165) is 12.8 Å². The van der Waals surface area contributed by atoms with E-state index in [1.807, 2.05) is 0 Å². The molecular formula is C21H24F2N2O4S. The van der Waals surface area contributed by atoms with Crippen molar-refractivity contribution >= 4 is 15.9 Å². The van der Waals surface area contributed by atoms with E-state index in [0.29, 0.717) is 25.1 Å². The lowest BCUT2D eigenvalue weighted by atomic mass is 10.0. The smallest absolute Gasteiger partial charge is 0.387 e. The molecule has 30 heavy (non-hydrogen) atoms. The molecule has 1 atom stereocenters. The molecular weight excluding hydrogens is 414 g/mol. The van der Waals surface area contributed by atoms with Crippen molar-refractivity contribution in [3.63, 3.8) is 0 Å². The van der Waals surface area contributed by atoms with Crippen LogP contribution in [0.4, 0.5) is 8.78 Å². The first-order valence-corrected chi connectivity index (χ1v) is 11.2. The summed E-state index contributed by atoms with van der Waals surface area (Å²) >= 11 is 0. The summed E-state index contributed by atoms with van der Waals surface area (Å²) < 4.78 is 56.9. The minimum absolute atomic E-state index is 0.00925. The van der Waals surface area contributed by atoms with Crippen molar-refractivity contribution in [2.24, 2.45) is 0 Å². The van der Waals surface area contributed by atoms with Crippen LogP contribution in [0.25, 0.3) is 0 Å². The van der Waals surface area contributed by atoms with Gasteiger partial charge in [0.25, 0.3) is 5.91 Å². The highest BCUT2D eigenvalue weighted by Gasteiger charge is 2.28. The molecule has 1 saturated heterocycles. The fourth-order valence-corrected chi connectivity index (χ4v) is 5.05. The Bertz CT molecular complexity index is 992. The van der Waals surface area contributed by atoms with Crippen LogP contribution >= 0.6 is 0 Å². The van der Waals surface area contributed by atoms with Gasteiger partial charge in [0.2, 0.25) is 10.0 Å². The van der Waals surface area contributed by atoms with Crippen LogP contribution in [0.15, 0.2) is 53.4 Å². The van der Waals surface area contributed by atoms with Crippen LogP contribution in [0.3, 0.4) is 0 Å². The van der Waals surface area contributed by atoms with E-state index in [-0.39, 0.29) is 16.2 Å². The fraction of sp³-hybridized carbons (Fsp3) is 0.381. The van der Waals surface area contributed by atoms with Crippen molar-refractivity contribution in [3.05, 3.63) is 59.7 Å². The third kappa shape index (κ3) is 4.96. The van der Waals surface area contributed by atoms with Gasteiger partial charge in [-0.1, -0.05) is 31.2 Å². The van der Waals surface area contributed by atoms with Crippen molar-refractivity contribution < 1.29 is 26.7 Å². The van der Waals surface area contributed by atoms with Crippen molar-refractivity contribution in [2.75, 3.05) is 13.1 Å². The zero-order valence-corrected chi connectivity index (χ0v) is 17.4. The zero-order chi connectivity index (χ0) is 21.7. The third-order valence-electron chi connectivity index (χ3n) is 5.02. The Morgan fingerprint density at radius 1 is 1.13 bits per heavy atom. The predicted molar refractivity (Wildman–Crippen MR) is 108 cm³/mol. The molecule has 162 valence electrons. The molecule has 3 rings (SSSR count). The molecule has 0 saturated carbocycles. The van der Waals surface area contributed by atoms with Gasteiger partial charge in [0.15, 0.2) is 0 Å². The van der Waals surface area contributed by atoms with E-state index in [1.165, 1.54) is 34.6 Å². The summed E-state index contributed by atoms with van der Waals surface area (Å²) in [5.74, 6) is -0.503. The Morgan fingerprint density at radius 3 is 2.50 bits per heavy atom. The van der Waals surface area contributed by atoms with E-state index in [4.69, 9.17) is 0 Å². The van der Waals surface area contributed by atoms with E-state index < -0.39 is 28.6 Å². The molecule has 6 nitrogen and oxygen atoms in total. The lowest BCUT2D eigenvalue weighted by Crippen LogP contribution is -2.30. The van der Waals surface area contributed by atoms with Crippen LogP contribution in [0.1, 0.15) is 48.1 Å². The number of para-hydroxylation sites is 1. The number of amides is 1. The highest BCUT2D eigenvalue weighted by molar-refractivity contribution is 7.89. The van der Waals surface area contributed by atoms with Gasteiger partial charge in [-0.25, -0.2) is 8.42 Å². The van der Waals surface area contributed by atoms with Crippen LogP contribution in [0.2, 0.25) is 0 Å². The Morgan fingerprint density at radius 2 is 1.83 bits per heavy atom. The molecule has 0 radical (unpaired) electrons. The molecule has 0 spiro atoms. The van der Waals surface area contributed by atoms with Crippen LogP contribution in [-0.2, 0) is 10.0 Å². The number of sulfonamides is 1. The molecule has 0 bridgehead atoms. The number of carbonyl (C=O) groups excluding carboxylic acids is 1. The summed E-state index contributed by atoms with van der Waals surface area (Å²) in [5.41, 5.74) is 0.607. The van der Waals surface area contributed by atoms with E-state index >= 15 is 0 Å². The Labute approximate surface area is 174 Å². The standard InChI is InChI=1S/C21H24F2N2O4S/c1-2-18(17-10-3-4-11-19(17)29-21(22)23)24-20(26)15-8-7-9-16(14-15)30(27,28)25-12-5-6-13-25/h3-4,7-11,14,18,21H,2,5-6,12-13H2,1H3,(H,24,26). The third-order valence-corrected chi connectivity index (χ3v) is 6.92. The van der Waals surface area contributed by atoms with Crippen LogP contribution < -0.4 is 10.1 Å². The van der Waals surface area contributed by atoms with Gasteiger partial charge in [0.1, 0.15) is 5.75 Å². The SMILES string of the molecule is CCC(NC(=O)c1cccc(S(=O)(=O)N2CCCC2)c1)c1ccccc1OC(F)F. The summed E-state index contributed by atoms with van der Waals surface area (Å²) in [5, 5.41) is 2.79. The lowest BCUT2D eigenvalue weighted by Gasteiger charge is -2.21. The van der Waals surface area contributed by atoms with Crippen molar-refractivity contribution in [1.82, 2.24) is 9.62 Å². The highest BCUT2D eigenvalue weighted by Crippen LogP contribution is 2.29. The Balaban J connectivity index is 1.82. The number of alkyl halides is 2. The number of nitrogens with one attached hydrogen (secondary N) is 1. The fourth-order valence-electron chi connectivity index (χ4n) is 3.49. The molecule has 1 heterocycles. The molecule has 1 N–H and O–H groups in total. The van der Waals surface area contributed by atoms with Gasteiger partial charge in [-0.3, -0.25) is 4.79 Å². The maximum Gasteiger partial charge on any atom is 0.387 e. The number of hydrogen-bond donors (Lipinski definition) is 1. The minimum Gasteiger partial charge on any atom is -0.434 e. The molecule has 0 aromatic heterocycles. The van der Waals surface area contributed by atoms with E-state index in [1.54, 1.807) is 25.1 Å². The van der Waals surface area contributed by atoms with Crippen LogP contribution in [-0.4, -0.2) is 38.3 Å². The second-order valence-electron chi connectivity index (χ2n) is 6.99. The molecule has 1 unspecified atom stereocenters. The Kier molecular flexibility index (Phi) is 7.04. The number of nitrogens with zero attached hydrogens (tertiary/aromatic N) is 1. The molecule has 0 aliphatic carbocycles. The summed E-state index contributed by atoms with van der Waals surface area (Å²) in [6.45, 7) is -0.236. The average molecular weight is 438 g/mol. The summed E-state index contributed by atoms with van der Waals surface area (Å²) in [6, 6.07) is 11.5. The van der Waals surface area contributed by atoms with Gasteiger partial charge in [-0.15, -0.1) is 0 Å². The zero-order valence-electron chi connectivity index (χ0n) is 16.6. The first-order chi connectivity index (χ1) is 14.3. The van der Waals surface area contributed by atoms with Gasteiger partial charge in [-0.2, -0.15) is 13.1 Å². The first kappa shape index (κ1) is 22.2. The molecule has 1 aliphatic heterocycles. The summed E-state index contributed by atoms with van der Waals surface area (Å²) in [4.78, 5) is 12.9. The van der Waals surface area contributed by atoms with Gasteiger partial charge < -0.3 is 10.1 Å². The number of rotatable bonds is 8. The van der Waals surface area contributed by atoms with E-state index in [2.05, 4.69) is 10.1 Å². The number of carbonyl (C=O) groups is 1. The molecule has 1 fully saturated rings. The maximum absolute atomic E-state index is 12.8. The van der Waals surface area contributed by atoms with E-state index in [9.17, 15) is 22.0 Å². The van der Waals surface area contributed by atoms with Gasteiger partial charge in [-0.05, 0) is 43.5 Å². The molecule has 1 aliphatic rings. The molecule has 2 aromatic rings. The average Bonchev–Trinajstić information content (AvgIpc) is 3.28. The largest absolute Gasteiger partial charge is 0.434 e.